The van der Waals surface area contributed by atoms with Crippen LogP contribution in [0.2, 0.25) is 0 Å². The van der Waals surface area contributed by atoms with E-state index in [0.29, 0.717) is 11.3 Å². The highest BCUT2D eigenvalue weighted by Crippen LogP contribution is 2.26. The van der Waals surface area contributed by atoms with Gasteiger partial charge in [0.2, 0.25) is 0 Å². The zero-order valence-electron chi connectivity index (χ0n) is 13.0. The molecule has 0 saturated carbocycles. The van der Waals surface area contributed by atoms with E-state index >= 15 is 0 Å². The van der Waals surface area contributed by atoms with E-state index in [4.69, 9.17) is 35.4 Å². The van der Waals surface area contributed by atoms with Crippen LogP contribution in [-0.2, 0) is 4.79 Å². The molecule has 1 aromatic rings. The van der Waals surface area contributed by atoms with E-state index in [0.717, 1.165) is 6.08 Å². The third-order valence-corrected chi connectivity index (χ3v) is 2.78. The maximum absolute atomic E-state index is 10.2. The third kappa shape index (κ3) is 7.90. The average molecular weight is 346 g/mol. The van der Waals surface area contributed by atoms with Crippen molar-refractivity contribution in [2.45, 2.75) is 18.3 Å². The molecule has 136 valence electrons. The minimum absolute atomic E-state index is 0.0278. The van der Waals surface area contributed by atoms with Crippen molar-refractivity contribution < 1.29 is 45.3 Å². The van der Waals surface area contributed by atoms with Gasteiger partial charge in [0.25, 0.3) is 0 Å². The van der Waals surface area contributed by atoms with E-state index in [2.05, 4.69) is 0 Å². The smallest absolute Gasteiger partial charge is 0.328 e. The number of aliphatic hydroxyl groups excluding tert-OH is 5. The van der Waals surface area contributed by atoms with Crippen molar-refractivity contribution in [2.75, 3.05) is 20.3 Å². The Kier molecular flexibility index (Phi) is 10.3. The summed E-state index contributed by atoms with van der Waals surface area (Å²) in [5, 5.41) is 60.2. The quantitative estimate of drug-likeness (QED) is 0.292. The highest BCUT2D eigenvalue weighted by Gasteiger charge is 2.22. The molecule has 0 aliphatic rings. The van der Waals surface area contributed by atoms with Crippen molar-refractivity contribution in [3.8, 4) is 11.5 Å². The lowest BCUT2D eigenvalue weighted by molar-refractivity contribution is -0.131. The summed E-state index contributed by atoms with van der Waals surface area (Å²) >= 11 is 0. The fraction of sp³-hybridized carbons (Fsp3) is 0.400. The lowest BCUT2D eigenvalue weighted by Gasteiger charge is -2.19. The Hall–Kier alpha value is -2.17. The molecule has 0 aliphatic heterocycles. The maximum Gasteiger partial charge on any atom is 0.328 e. The van der Waals surface area contributed by atoms with E-state index in [1.807, 2.05) is 0 Å². The Labute approximate surface area is 138 Å². The molecule has 0 fully saturated rings. The summed E-state index contributed by atoms with van der Waals surface area (Å²) in [6, 6.07) is 4.59. The molecule has 2 unspecified atom stereocenters. The Morgan fingerprint density at radius 3 is 2.12 bits per heavy atom. The first-order valence-electron chi connectivity index (χ1n) is 6.80. The number of methoxy groups -OCH3 is 1. The topological polar surface area (TPSA) is 168 Å². The SMILES string of the molecule is COc1cc(/C=C/C(=O)O)ccc1O.OCC(O)C(O)C(O)CO. The highest BCUT2D eigenvalue weighted by molar-refractivity contribution is 5.85. The van der Waals surface area contributed by atoms with Gasteiger partial charge in [0, 0.05) is 6.08 Å². The number of benzene rings is 1. The van der Waals surface area contributed by atoms with Gasteiger partial charge in [0.1, 0.15) is 18.3 Å². The summed E-state index contributed by atoms with van der Waals surface area (Å²) in [5.41, 5.74) is 0.655. The number of ether oxygens (including phenoxy) is 1. The van der Waals surface area contributed by atoms with Crippen LogP contribution in [0, 0.1) is 0 Å². The minimum Gasteiger partial charge on any atom is -0.504 e. The molecule has 0 spiro atoms. The van der Waals surface area contributed by atoms with Gasteiger partial charge in [-0.25, -0.2) is 4.79 Å². The van der Waals surface area contributed by atoms with Crippen LogP contribution in [0.25, 0.3) is 6.08 Å². The summed E-state index contributed by atoms with van der Waals surface area (Å²) in [4.78, 5) is 10.2. The molecule has 0 bridgehead atoms. The molecule has 1 rings (SSSR count). The number of hydrogen-bond donors (Lipinski definition) is 7. The lowest BCUT2D eigenvalue weighted by Crippen LogP contribution is -2.41. The van der Waals surface area contributed by atoms with Gasteiger partial charge in [-0.2, -0.15) is 0 Å². The van der Waals surface area contributed by atoms with Crippen molar-refractivity contribution in [2.24, 2.45) is 0 Å². The van der Waals surface area contributed by atoms with Crippen molar-refractivity contribution in [3.05, 3.63) is 29.8 Å². The van der Waals surface area contributed by atoms with E-state index in [1.54, 1.807) is 12.1 Å². The second kappa shape index (κ2) is 11.4. The number of phenols is 1. The van der Waals surface area contributed by atoms with Crippen LogP contribution in [0.5, 0.6) is 11.5 Å². The molecule has 9 heteroatoms. The molecule has 9 nitrogen and oxygen atoms in total. The van der Waals surface area contributed by atoms with Crippen molar-refractivity contribution in [1.82, 2.24) is 0 Å². The van der Waals surface area contributed by atoms with E-state index < -0.39 is 37.5 Å². The lowest BCUT2D eigenvalue weighted by atomic mass is 10.1. The Morgan fingerprint density at radius 1 is 1.17 bits per heavy atom. The number of aliphatic hydroxyl groups is 5. The monoisotopic (exact) mass is 346 g/mol. The number of aromatic hydroxyl groups is 1. The molecule has 2 atom stereocenters. The first-order chi connectivity index (χ1) is 11.3. The largest absolute Gasteiger partial charge is 0.504 e. The van der Waals surface area contributed by atoms with Crippen LogP contribution in [0.4, 0.5) is 0 Å². The molecule has 0 aliphatic carbocycles. The van der Waals surface area contributed by atoms with Gasteiger partial charge in [-0.1, -0.05) is 6.07 Å². The van der Waals surface area contributed by atoms with Crippen LogP contribution in [0.3, 0.4) is 0 Å². The molecule has 0 radical (unpaired) electrons. The molecule has 1 aromatic carbocycles. The fourth-order valence-corrected chi connectivity index (χ4v) is 1.44. The third-order valence-electron chi connectivity index (χ3n) is 2.78. The molecular formula is C15H22O9. The summed E-state index contributed by atoms with van der Waals surface area (Å²) in [5.74, 6) is -0.672. The summed E-state index contributed by atoms with van der Waals surface area (Å²) in [6.07, 6.45) is -1.85. The van der Waals surface area contributed by atoms with E-state index in [-0.39, 0.29) is 5.75 Å². The number of rotatable bonds is 7. The van der Waals surface area contributed by atoms with Gasteiger partial charge in [-0.3, -0.25) is 0 Å². The Balaban J connectivity index is 0.000000470. The van der Waals surface area contributed by atoms with Gasteiger partial charge in [-0.15, -0.1) is 0 Å². The van der Waals surface area contributed by atoms with Crippen molar-refractivity contribution >= 4 is 12.0 Å². The molecule has 0 amide bonds. The minimum atomic E-state index is -1.49. The van der Waals surface area contributed by atoms with Crippen molar-refractivity contribution in [3.63, 3.8) is 0 Å². The van der Waals surface area contributed by atoms with Crippen LogP contribution in [0.1, 0.15) is 5.56 Å². The fourth-order valence-electron chi connectivity index (χ4n) is 1.44. The van der Waals surface area contributed by atoms with E-state index in [9.17, 15) is 9.90 Å². The normalized spacial score (nSPS) is 14.4. The number of phenolic OH excluding ortho intramolecular Hbond substituents is 1. The maximum atomic E-state index is 10.2. The second-order valence-electron chi connectivity index (χ2n) is 4.59. The van der Waals surface area contributed by atoms with Gasteiger partial charge in [0.15, 0.2) is 11.5 Å². The standard InChI is InChI=1S/C10H10O4.C5H12O5/c1-14-9-6-7(2-4-8(9)11)3-5-10(12)13;6-1-3(8)5(10)4(9)2-7/h2-6,11H,1H3,(H,12,13);3-10H,1-2H2/b5-3+;. The van der Waals surface area contributed by atoms with Crippen LogP contribution < -0.4 is 4.74 Å². The van der Waals surface area contributed by atoms with Gasteiger partial charge >= 0.3 is 5.97 Å². The number of aliphatic carboxylic acids is 1. The zero-order chi connectivity index (χ0) is 18.7. The molecule has 0 heterocycles. The van der Waals surface area contributed by atoms with Gasteiger partial charge in [0.05, 0.1) is 20.3 Å². The summed E-state index contributed by atoms with van der Waals surface area (Å²) in [7, 11) is 1.43. The molecular weight excluding hydrogens is 324 g/mol. The number of carboxylic acids is 1. The number of carbonyl (C=O) groups is 1. The molecule has 0 aromatic heterocycles. The molecule has 0 saturated heterocycles. The highest BCUT2D eigenvalue weighted by atomic mass is 16.5. The first-order valence-corrected chi connectivity index (χ1v) is 6.80. The Bertz CT molecular complexity index is 520. The average Bonchev–Trinajstić information content (AvgIpc) is 2.59. The summed E-state index contributed by atoms with van der Waals surface area (Å²) in [6.45, 7) is -1.28. The molecule has 24 heavy (non-hydrogen) atoms. The van der Waals surface area contributed by atoms with Crippen LogP contribution >= 0.6 is 0 Å². The van der Waals surface area contributed by atoms with E-state index in [1.165, 1.54) is 19.3 Å². The zero-order valence-corrected chi connectivity index (χ0v) is 13.0. The predicted octanol–water partition coefficient (Wildman–Crippen LogP) is -1.45. The Morgan fingerprint density at radius 2 is 1.71 bits per heavy atom. The second-order valence-corrected chi connectivity index (χ2v) is 4.59. The predicted molar refractivity (Wildman–Crippen MR) is 83.5 cm³/mol. The van der Waals surface area contributed by atoms with Gasteiger partial charge < -0.3 is 40.5 Å². The number of hydrogen-bond acceptors (Lipinski definition) is 8. The summed E-state index contributed by atoms with van der Waals surface area (Å²) < 4.78 is 4.86. The first kappa shape index (κ1) is 21.8. The van der Waals surface area contributed by atoms with Crippen molar-refractivity contribution in [1.29, 1.82) is 0 Å². The van der Waals surface area contributed by atoms with Crippen LogP contribution in [0.15, 0.2) is 24.3 Å². The molecule has 7 N–H and O–H groups in total. The van der Waals surface area contributed by atoms with Crippen LogP contribution in [-0.4, -0.2) is 80.4 Å². The number of carboxylic acid groups (broad SMARTS) is 1. The van der Waals surface area contributed by atoms with Gasteiger partial charge in [-0.05, 0) is 23.8 Å².